The van der Waals surface area contributed by atoms with Crippen LogP contribution in [0.3, 0.4) is 0 Å². The van der Waals surface area contributed by atoms with Gasteiger partial charge in [-0.05, 0) is 30.3 Å². The minimum atomic E-state index is -3.68. The first-order valence-electron chi connectivity index (χ1n) is 9.31. The van der Waals surface area contributed by atoms with Gasteiger partial charge in [0.25, 0.3) is 5.91 Å². The fourth-order valence-corrected chi connectivity index (χ4v) is 5.13. The van der Waals surface area contributed by atoms with Gasteiger partial charge < -0.3 is 9.80 Å². The van der Waals surface area contributed by atoms with Crippen LogP contribution in [0.25, 0.3) is 0 Å². The van der Waals surface area contributed by atoms with E-state index in [0.29, 0.717) is 37.4 Å². The third-order valence-electron chi connectivity index (χ3n) is 5.17. The fraction of sp³-hybridized carbons (Fsp3) is 0.300. The van der Waals surface area contributed by atoms with E-state index in [2.05, 4.69) is 0 Å². The molecule has 152 valence electrons. The highest BCUT2D eigenvalue weighted by Crippen LogP contribution is 2.27. The van der Waals surface area contributed by atoms with Crippen molar-refractivity contribution in [3.8, 4) is 0 Å². The highest BCUT2D eigenvalue weighted by molar-refractivity contribution is 7.94. The first-order valence-corrected chi connectivity index (χ1v) is 10.9. The van der Waals surface area contributed by atoms with Crippen molar-refractivity contribution in [2.24, 2.45) is 0 Å². The Kier molecular flexibility index (Phi) is 4.99. The van der Waals surface area contributed by atoms with Crippen molar-refractivity contribution in [1.82, 2.24) is 4.90 Å². The van der Waals surface area contributed by atoms with Crippen LogP contribution in [0.15, 0.2) is 48.5 Å². The summed E-state index contributed by atoms with van der Waals surface area (Å²) in [6, 6.07) is 12.6. The minimum absolute atomic E-state index is 0.0570. The van der Waals surface area contributed by atoms with Crippen LogP contribution in [0.5, 0.6) is 0 Å². The summed E-state index contributed by atoms with van der Waals surface area (Å²) in [5.74, 6) is -1.25. The topological polar surface area (TPSA) is 78.0 Å². The molecule has 2 heterocycles. The predicted octanol–water partition coefficient (Wildman–Crippen LogP) is 1.85. The van der Waals surface area contributed by atoms with Gasteiger partial charge in [-0.2, -0.15) is 0 Å². The van der Waals surface area contributed by atoms with Crippen molar-refractivity contribution in [3.05, 3.63) is 59.9 Å². The maximum atomic E-state index is 14.0. The Bertz CT molecular complexity index is 1060. The highest BCUT2D eigenvalue weighted by atomic mass is 32.2. The van der Waals surface area contributed by atoms with Gasteiger partial charge in [-0.1, -0.05) is 18.2 Å². The average Bonchev–Trinajstić information content (AvgIpc) is 3.00. The van der Waals surface area contributed by atoms with Crippen molar-refractivity contribution in [2.75, 3.05) is 41.1 Å². The Balaban J connectivity index is 1.49. The standard InChI is InChI=1S/C20H20FN3O4S/c21-17-6-1-2-7-18(17)22-9-11-23(12-10-22)20(26)15-4-3-5-16(14-15)24-19(25)8-13-29(24,27)28/h1-7,14H,8-13H2. The molecule has 2 fully saturated rings. The van der Waals surface area contributed by atoms with Crippen LogP contribution in [0, 0.1) is 5.82 Å². The molecule has 29 heavy (non-hydrogen) atoms. The number of benzene rings is 2. The summed E-state index contributed by atoms with van der Waals surface area (Å²) in [4.78, 5) is 28.4. The van der Waals surface area contributed by atoms with Crippen molar-refractivity contribution < 1.29 is 22.4 Å². The molecule has 7 nitrogen and oxygen atoms in total. The largest absolute Gasteiger partial charge is 0.366 e. The minimum Gasteiger partial charge on any atom is -0.366 e. The number of carbonyl (C=O) groups excluding carboxylic acids is 2. The van der Waals surface area contributed by atoms with Gasteiger partial charge in [0.15, 0.2) is 0 Å². The van der Waals surface area contributed by atoms with E-state index in [-0.39, 0.29) is 29.6 Å². The Morgan fingerprint density at radius 2 is 1.69 bits per heavy atom. The molecule has 2 amide bonds. The molecule has 4 rings (SSSR count). The zero-order valence-electron chi connectivity index (χ0n) is 15.6. The first kappa shape index (κ1) is 19.4. The van der Waals surface area contributed by atoms with Crippen LogP contribution in [0.4, 0.5) is 15.8 Å². The molecule has 9 heteroatoms. The molecule has 2 aromatic carbocycles. The lowest BCUT2D eigenvalue weighted by Gasteiger charge is -2.36. The van der Waals surface area contributed by atoms with Crippen molar-refractivity contribution in [1.29, 1.82) is 0 Å². The molecule has 0 spiro atoms. The van der Waals surface area contributed by atoms with E-state index in [9.17, 15) is 22.4 Å². The number of nitrogens with zero attached hydrogens (tertiary/aromatic N) is 3. The van der Waals surface area contributed by atoms with Crippen LogP contribution in [0.2, 0.25) is 0 Å². The maximum Gasteiger partial charge on any atom is 0.254 e. The lowest BCUT2D eigenvalue weighted by atomic mass is 10.1. The number of halogens is 1. The molecule has 0 N–H and O–H groups in total. The monoisotopic (exact) mass is 417 g/mol. The van der Waals surface area contributed by atoms with E-state index in [1.807, 2.05) is 4.90 Å². The van der Waals surface area contributed by atoms with Gasteiger partial charge in [-0.15, -0.1) is 0 Å². The van der Waals surface area contributed by atoms with Gasteiger partial charge in [0.1, 0.15) is 5.82 Å². The highest BCUT2D eigenvalue weighted by Gasteiger charge is 2.36. The zero-order valence-corrected chi connectivity index (χ0v) is 16.4. The number of anilines is 2. The maximum absolute atomic E-state index is 14.0. The summed E-state index contributed by atoms with van der Waals surface area (Å²) in [6.07, 6.45) is -0.0570. The van der Waals surface area contributed by atoms with E-state index < -0.39 is 15.9 Å². The molecule has 0 bridgehead atoms. The fourth-order valence-electron chi connectivity index (χ4n) is 3.68. The number of carbonyl (C=O) groups is 2. The molecular formula is C20H20FN3O4S. The van der Waals surface area contributed by atoms with E-state index in [1.54, 1.807) is 35.2 Å². The van der Waals surface area contributed by atoms with E-state index in [0.717, 1.165) is 4.31 Å². The Labute approximate surface area is 168 Å². The van der Waals surface area contributed by atoms with Crippen LogP contribution in [0.1, 0.15) is 16.8 Å². The van der Waals surface area contributed by atoms with Gasteiger partial charge in [-0.25, -0.2) is 17.1 Å². The SMILES string of the molecule is O=C(c1cccc(N2C(=O)CCS2(=O)=O)c1)N1CCN(c2ccccc2F)CC1. The molecule has 0 saturated carbocycles. The molecule has 0 aromatic heterocycles. The number of piperazine rings is 1. The van der Waals surface area contributed by atoms with Crippen LogP contribution >= 0.6 is 0 Å². The number of rotatable bonds is 3. The molecule has 0 unspecified atom stereocenters. The summed E-state index contributed by atoms with van der Waals surface area (Å²) in [6.45, 7) is 1.81. The molecule has 0 aliphatic carbocycles. The second kappa shape index (κ2) is 7.47. The quantitative estimate of drug-likeness (QED) is 0.762. The second-order valence-electron chi connectivity index (χ2n) is 7.01. The summed E-state index contributed by atoms with van der Waals surface area (Å²) in [5.41, 5.74) is 1.01. The van der Waals surface area contributed by atoms with E-state index in [1.165, 1.54) is 18.2 Å². The first-order chi connectivity index (χ1) is 13.9. The van der Waals surface area contributed by atoms with Crippen LogP contribution < -0.4 is 9.21 Å². The van der Waals surface area contributed by atoms with Gasteiger partial charge in [0.05, 0.1) is 17.1 Å². The summed E-state index contributed by atoms with van der Waals surface area (Å²) >= 11 is 0. The Hall–Kier alpha value is -2.94. The lowest BCUT2D eigenvalue weighted by Crippen LogP contribution is -2.49. The van der Waals surface area contributed by atoms with Gasteiger partial charge in [0.2, 0.25) is 15.9 Å². The molecule has 2 aliphatic heterocycles. The number of amides is 2. The number of hydrogen-bond donors (Lipinski definition) is 0. The van der Waals surface area contributed by atoms with Gasteiger partial charge in [-0.3, -0.25) is 9.59 Å². The van der Waals surface area contributed by atoms with Crippen molar-refractivity contribution in [3.63, 3.8) is 0 Å². The predicted molar refractivity (Wildman–Crippen MR) is 107 cm³/mol. The van der Waals surface area contributed by atoms with Crippen molar-refractivity contribution >= 4 is 33.2 Å². The Morgan fingerprint density at radius 3 is 2.34 bits per heavy atom. The molecule has 0 radical (unpaired) electrons. The second-order valence-corrected chi connectivity index (χ2v) is 8.94. The van der Waals surface area contributed by atoms with E-state index >= 15 is 0 Å². The normalized spacial score (nSPS) is 18.9. The third kappa shape index (κ3) is 3.69. The molecule has 2 aliphatic rings. The lowest BCUT2D eigenvalue weighted by molar-refractivity contribution is -0.116. The van der Waals surface area contributed by atoms with Gasteiger partial charge >= 0.3 is 0 Å². The molecular weight excluding hydrogens is 397 g/mol. The zero-order chi connectivity index (χ0) is 20.6. The molecule has 2 aromatic rings. The average molecular weight is 417 g/mol. The van der Waals surface area contributed by atoms with Crippen LogP contribution in [-0.2, 0) is 14.8 Å². The third-order valence-corrected chi connectivity index (χ3v) is 6.86. The summed E-state index contributed by atoms with van der Waals surface area (Å²) in [5, 5.41) is 0. The molecule has 2 saturated heterocycles. The summed E-state index contributed by atoms with van der Waals surface area (Å²) in [7, 11) is -3.68. The van der Waals surface area contributed by atoms with E-state index in [4.69, 9.17) is 0 Å². The number of sulfonamides is 1. The van der Waals surface area contributed by atoms with Crippen molar-refractivity contribution in [2.45, 2.75) is 6.42 Å². The molecule has 0 atom stereocenters. The number of para-hydroxylation sites is 1. The number of hydrogen-bond acceptors (Lipinski definition) is 5. The smallest absolute Gasteiger partial charge is 0.254 e. The Morgan fingerprint density at radius 1 is 0.966 bits per heavy atom. The van der Waals surface area contributed by atoms with Crippen LogP contribution in [-0.4, -0.2) is 57.1 Å². The summed E-state index contributed by atoms with van der Waals surface area (Å²) < 4.78 is 39.0. The van der Waals surface area contributed by atoms with Gasteiger partial charge in [0, 0.05) is 38.2 Å².